The monoisotopic (exact) mass is 125 g/mol. The van der Waals surface area contributed by atoms with Gasteiger partial charge in [0.2, 0.25) is 0 Å². The summed E-state index contributed by atoms with van der Waals surface area (Å²) in [7, 11) is 0. The van der Waals surface area contributed by atoms with Crippen molar-refractivity contribution < 1.29 is 0 Å². The molecule has 0 spiro atoms. The van der Waals surface area contributed by atoms with Crippen LogP contribution in [0.25, 0.3) is 0 Å². The largest absolute Gasteiger partial charge is 0.315 e. The molecular formula is C8H15N. The molecule has 0 aromatic rings. The Morgan fingerprint density at radius 3 is 2.67 bits per heavy atom. The Kier molecular flexibility index (Phi) is 2.29. The minimum absolute atomic E-state index is 0.838. The maximum Gasteiger partial charge on any atom is 0.00267 e. The molecule has 0 aromatic heterocycles. The third-order valence-electron chi connectivity index (χ3n) is 1.89. The van der Waals surface area contributed by atoms with Crippen LogP contribution in [0, 0.1) is 5.92 Å². The average molecular weight is 125 g/mol. The van der Waals surface area contributed by atoms with Gasteiger partial charge in [-0.05, 0) is 13.3 Å². The zero-order valence-corrected chi connectivity index (χ0v) is 6.28. The average Bonchev–Trinajstić information content (AvgIpc) is 1.78. The van der Waals surface area contributed by atoms with Gasteiger partial charge < -0.3 is 5.32 Å². The predicted octanol–water partition coefficient (Wildman–Crippen LogP) is 1.56. The van der Waals surface area contributed by atoms with Gasteiger partial charge in [-0.2, -0.15) is 0 Å². The lowest BCUT2D eigenvalue weighted by atomic mass is 10.00. The van der Waals surface area contributed by atoms with Crippen LogP contribution in [0.4, 0.5) is 0 Å². The molecule has 9 heavy (non-hydrogen) atoms. The Hall–Kier alpha value is -0.300. The van der Waals surface area contributed by atoms with Crippen molar-refractivity contribution in [3.63, 3.8) is 0 Å². The van der Waals surface area contributed by atoms with Crippen molar-refractivity contribution in [2.75, 3.05) is 13.1 Å². The van der Waals surface area contributed by atoms with Crippen LogP contribution in [0.1, 0.15) is 20.3 Å². The van der Waals surface area contributed by atoms with Crippen molar-refractivity contribution in [1.82, 2.24) is 5.32 Å². The number of rotatable bonds is 2. The summed E-state index contributed by atoms with van der Waals surface area (Å²) in [5.41, 5.74) is 1.53. The normalized spacial score (nSPS) is 21.8. The van der Waals surface area contributed by atoms with E-state index in [-0.39, 0.29) is 0 Å². The predicted molar refractivity (Wildman–Crippen MR) is 40.4 cm³/mol. The Morgan fingerprint density at radius 1 is 1.67 bits per heavy atom. The quantitative estimate of drug-likeness (QED) is 0.552. The first-order valence-corrected chi connectivity index (χ1v) is 3.71. The molecule has 1 heteroatoms. The number of hydrogen-bond donors (Lipinski definition) is 1. The molecule has 1 nitrogen and oxygen atoms in total. The zero-order chi connectivity index (χ0) is 6.69. The zero-order valence-electron chi connectivity index (χ0n) is 6.28. The van der Waals surface area contributed by atoms with E-state index in [1.54, 1.807) is 0 Å². The molecular weight excluding hydrogens is 110 g/mol. The van der Waals surface area contributed by atoms with E-state index < -0.39 is 0 Å². The first-order valence-electron chi connectivity index (χ1n) is 3.71. The summed E-state index contributed by atoms with van der Waals surface area (Å²) < 4.78 is 0. The van der Waals surface area contributed by atoms with Gasteiger partial charge in [0.25, 0.3) is 0 Å². The molecule has 0 radical (unpaired) electrons. The molecule has 1 heterocycles. The lowest BCUT2D eigenvalue weighted by Gasteiger charge is -2.24. The van der Waals surface area contributed by atoms with Gasteiger partial charge in [-0.3, -0.25) is 0 Å². The van der Waals surface area contributed by atoms with Gasteiger partial charge in [-0.1, -0.05) is 18.6 Å². The fraction of sp³-hybridized carbons (Fsp3) is 0.750. The fourth-order valence-electron chi connectivity index (χ4n) is 0.949. The van der Waals surface area contributed by atoms with Crippen molar-refractivity contribution in [2.24, 2.45) is 5.92 Å². The van der Waals surface area contributed by atoms with Gasteiger partial charge in [0.15, 0.2) is 0 Å². The van der Waals surface area contributed by atoms with Gasteiger partial charge in [0, 0.05) is 19.0 Å². The Bertz CT molecular complexity index is 112. The van der Waals surface area contributed by atoms with Crippen LogP contribution < -0.4 is 5.32 Å². The molecule has 0 saturated carbocycles. The van der Waals surface area contributed by atoms with E-state index in [1.807, 2.05) is 0 Å². The lowest BCUT2D eigenvalue weighted by Crippen LogP contribution is -2.40. The number of allylic oxidation sites excluding steroid dienone is 1. The Labute approximate surface area is 57.1 Å². The molecule has 1 N–H and O–H groups in total. The molecule has 1 saturated heterocycles. The van der Waals surface area contributed by atoms with Gasteiger partial charge in [-0.25, -0.2) is 0 Å². The van der Waals surface area contributed by atoms with Crippen molar-refractivity contribution in [3.05, 3.63) is 11.6 Å². The van der Waals surface area contributed by atoms with Crippen LogP contribution in [-0.2, 0) is 0 Å². The van der Waals surface area contributed by atoms with Gasteiger partial charge in [0.1, 0.15) is 0 Å². The van der Waals surface area contributed by atoms with Crippen LogP contribution in [0.3, 0.4) is 0 Å². The summed E-state index contributed by atoms with van der Waals surface area (Å²) in [5, 5.41) is 3.25. The number of nitrogens with one attached hydrogen (secondary N) is 1. The molecule has 1 aliphatic rings. The molecule has 1 fully saturated rings. The standard InChI is InChI=1S/C8H15N/c1-3-7(2)4-8-5-9-6-8/h4,8-9H,3,5-6H2,1-2H3/b7-4+. The summed E-state index contributed by atoms with van der Waals surface area (Å²) in [6, 6.07) is 0. The van der Waals surface area contributed by atoms with Crippen LogP contribution >= 0.6 is 0 Å². The van der Waals surface area contributed by atoms with E-state index in [1.165, 1.54) is 25.1 Å². The van der Waals surface area contributed by atoms with Gasteiger partial charge in [0.05, 0.1) is 0 Å². The minimum Gasteiger partial charge on any atom is -0.315 e. The Morgan fingerprint density at radius 2 is 2.33 bits per heavy atom. The molecule has 0 aromatic carbocycles. The highest BCUT2D eigenvalue weighted by Gasteiger charge is 2.12. The fourth-order valence-corrected chi connectivity index (χ4v) is 0.949. The lowest BCUT2D eigenvalue weighted by molar-refractivity contribution is 0.416. The smallest absolute Gasteiger partial charge is 0.00267 e. The van der Waals surface area contributed by atoms with E-state index in [0.717, 1.165) is 5.92 Å². The summed E-state index contributed by atoms with van der Waals surface area (Å²) >= 11 is 0. The third kappa shape index (κ3) is 1.83. The highest BCUT2D eigenvalue weighted by Crippen LogP contribution is 2.09. The van der Waals surface area contributed by atoms with E-state index >= 15 is 0 Å². The molecule has 0 atom stereocenters. The second-order valence-corrected chi connectivity index (χ2v) is 2.78. The van der Waals surface area contributed by atoms with Crippen molar-refractivity contribution in [3.8, 4) is 0 Å². The second-order valence-electron chi connectivity index (χ2n) is 2.78. The molecule has 0 amide bonds. The molecule has 1 rings (SSSR count). The highest BCUT2D eigenvalue weighted by atomic mass is 14.9. The maximum atomic E-state index is 3.25. The molecule has 1 aliphatic heterocycles. The van der Waals surface area contributed by atoms with Gasteiger partial charge >= 0.3 is 0 Å². The third-order valence-corrected chi connectivity index (χ3v) is 1.89. The summed E-state index contributed by atoms with van der Waals surface area (Å²) in [4.78, 5) is 0. The van der Waals surface area contributed by atoms with E-state index in [9.17, 15) is 0 Å². The first-order chi connectivity index (χ1) is 4.33. The summed E-state index contributed by atoms with van der Waals surface area (Å²) in [6.07, 6.45) is 3.59. The van der Waals surface area contributed by atoms with Crippen molar-refractivity contribution >= 4 is 0 Å². The highest BCUT2D eigenvalue weighted by molar-refractivity contribution is 5.03. The Balaban J connectivity index is 2.27. The topological polar surface area (TPSA) is 12.0 Å². The van der Waals surface area contributed by atoms with Crippen molar-refractivity contribution in [1.29, 1.82) is 0 Å². The molecule has 0 unspecified atom stereocenters. The van der Waals surface area contributed by atoms with Crippen LogP contribution in [0.5, 0.6) is 0 Å². The number of hydrogen-bond acceptors (Lipinski definition) is 1. The molecule has 0 bridgehead atoms. The summed E-state index contributed by atoms with van der Waals surface area (Å²) in [6.45, 7) is 6.80. The first kappa shape index (κ1) is 6.81. The van der Waals surface area contributed by atoms with Crippen LogP contribution in [0.15, 0.2) is 11.6 Å². The maximum absolute atomic E-state index is 3.25. The SMILES string of the molecule is CC/C(C)=C/C1CNC1. The van der Waals surface area contributed by atoms with E-state index in [2.05, 4.69) is 25.2 Å². The van der Waals surface area contributed by atoms with Crippen LogP contribution in [0.2, 0.25) is 0 Å². The molecule has 52 valence electrons. The van der Waals surface area contributed by atoms with Gasteiger partial charge in [-0.15, -0.1) is 0 Å². The van der Waals surface area contributed by atoms with E-state index in [4.69, 9.17) is 0 Å². The van der Waals surface area contributed by atoms with Crippen molar-refractivity contribution in [2.45, 2.75) is 20.3 Å². The van der Waals surface area contributed by atoms with Crippen LogP contribution in [-0.4, -0.2) is 13.1 Å². The van der Waals surface area contributed by atoms with E-state index in [0.29, 0.717) is 0 Å². The molecule has 0 aliphatic carbocycles. The second kappa shape index (κ2) is 3.02. The minimum atomic E-state index is 0.838. The summed E-state index contributed by atoms with van der Waals surface area (Å²) in [5.74, 6) is 0.838.